The second kappa shape index (κ2) is 4.77. The van der Waals surface area contributed by atoms with Crippen molar-refractivity contribution in [2.45, 2.75) is 25.4 Å². The highest BCUT2D eigenvalue weighted by Crippen LogP contribution is 2.34. The summed E-state index contributed by atoms with van der Waals surface area (Å²) in [5, 5.41) is 0. The van der Waals surface area contributed by atoms with Crippen LogP contribution in [0.2, 0.25) is 0 Å². The minimum absolute atomic E-state index is 0.574. The third-order valence-corrected chi connectivity index (χ3v) is 3.25. The fraction of sp³-hybridized carbons (Fsp3) is 0.538. The molecule has 1 unspecified atom stereocenters. The predicted octanol–water partition coefficient (Wildman–Crippen LogP) is 1.86. The molecule has 2 nitrogen and oxygen atoms in total. The summed E-state index contributed by atoms with van der Waals surface area (Å²) < 4.78 is 0. The number of nitrogens with zero attached hydrogens (tertiary/aromatic N) is 1. The zero-order valence-corrected chi connectivity index (χ0v) is 9.39. The first-order chi connectivity index (χ1) is 7.31. The molecule has 0 bridgehead atoms. The van der Waals surface area contributed by atoms with E-state index in [2.05, 4.69) is 42.3 Å². The van der Waals surface area contributed by atoms with Crippen LogP contribution >= 0.6 is 0 Å². The SMILES string of the molecule is CN(Cc1ccccc1)C(CN)C1CC1. The van der Waals surface area contributed by atoms with Crippen molar-refractivity contribution in [3.8, 4) is 0 Å². The highest BCUT2D eigenvalue weighted by atomic mass is 15.1. The summed E-state index contributed by atoms with van der Waals surface area (Å²) in [6.07, 6.45) is 2.72. The van der Waals surface area contributed by atoms with Gasteiger partial charge in [0.05, 0.1) is 0 Å². The van der Waals surface area contributed by atoms with Gasteiger partial charge in [-0.1, -0.05) is 30.3 Å². The monoisotopic (exact) mass is 204 g/mol. The van der Waals surface area contributed by atoms with Crippen molar-refractivity contribution < 1.29 is 0 Å². The number of nitrogens with two attached hydrogens (primary N) is 1. The van der Waals surface area contributed by atoms with Crippen LogP contribution in [0.4, 0.5) is 0 Å². The van der Waals surface area contributed by atoms with Gasteiger partial charge in [-0.3, -0.25) is 4.90 Å². The highest BCUT2D eigenvalue weighted by Gasteiger charge is 2.32. The fourth-order valence-corrected chi connectivity index (χ4v) is 2.20. The maximum atomic E-state index is 5.83. The van der Waals surface area contributed by atoms with Crippen LogP contribution in [-0.4, -0.2) is 24.5 Å². The zero-order chi connectivity index (χ0) is 10.7. The molecule has 0 spiro atoms. The van der Waals surface area contributed by atoms with Gasteiger partial charge in [0, 0.05) is 19.1 Å². The summed E-state index contributed by atoms with van der Waals surface area (Å²) in [5.74, 6) is 0.851. The van der Waals surface area contributed by atoms with Crippen LogP contribution < -0.4 is 5.73 Å². The van der Waals surface area contributed by atoms with Gasteiger partial charge in [-0.2, -0.15) is 0 Å². The molecule has 1 aliphatic carbocycles. The topological polar surface area (TPSA) is 29.3 Å². The Kier molecular flexibility index (Phi) is 3.39. The van der Waals surface area contributed by atoms with E-state index in [0.717, 1.165) is 19.0 Å². The summed E-state index contributed by atoms with van der Waals surface area (Å²) in [7, 11) is 2.18. The molecule has 15 heavy (non-hydrogen) atoms. The normalized spacial score (nSPS) is 18.1. The summed E-state index contributed by atoms with van der Waals surface area (Å²) in [5.41, 5.74) is 7.20. The molecule has 1 saturated carbocycles. The standard InChI is InChI=1S/C13H20N2/c1-15(13(9-14)12-7-8-12)10-11-5-3-2-4-6-11/h2-6,12-13H,7-10,14H2,1H3. The minimum Gasteiger partial charge on any atom is -0.329 e. The third-order valence-electron chi connectivity index (χ3n) is 3.25. The summed E-state index contributed by atoms with van der Waals surface area (Å²) in [6, 6.07) is 11.2. The molecular formula is C13H20N2. The Balaban J connectivity index is 1.93. The largest absolute Gasteiger partial charge is 0.329 e. The first kappa shape index (κ1) is 10.7. The van der Waals surface area contributed by atoms with E-state index >= 15 is 0 Å². The average molecular weight is 204 g/mol. The Morgan fingerprint density at radius 3 is 2.53 bits per heavy atom. The lowest BCUT2D eigenvalue weighted by molar-refractivity contribution is 0.215. The molecule has 2 heteroatoms. The quantitative estimate of drug-likeness (QED) is 0.793. The molecule has 1 aliphatic rings. The third kappa shape index (κ3) is 2.80. The van der Waals surface area contributed by atoms with Crippen molar-refractivity contribution in [3.05, 3.63) is 35.9 Å². The summed E-state index contributed by atoms with van der Waals surface area (Å²) in [6.45, 7) is 1.80. The van der Waals surface area contributed by atoms with Gasteiger partial charge >= 0.3 is 0 Å². The van der Waals surface area contributed by atoms with Crippen molar-refractivity contribution in [3.63, 3.8) is 0 Å². The van der Waals surface area contributed by atoms with Gasteiger partial charge in [-0.15, -0.1) is 0 Å². The van der Waals surface area contributed by atoms with Crippen LogP contribution in [0, 0.1) is 5.92 Å². The predicted molar refractivity (Wildman–Crippen MR) is 63.5 cm³/mol. The maximum Gasteiger partial charge on any atom is 0.0247 e. The van der Waals surface area contributed by atoms with E-state index < -0.39 is 0 Å². The molecule has 82 valence electrons. The van der Waals surface area contributed by atoms with Gasteiger partial charge in [0.1, 0.15) is 0 Å². The molecule has 0 amide bonds. The Bertz CT molecular complexity index is 293. The molecule has 0 aliphatic heterocycles. The molecule has 0 heterocycles. The second-order valence-corrected chi connectivity index (χ2v) is 4.54. The Morgan fingerprint density at radius 1 is 1.33 bits per heavy atom. The van der Waals surface area contributed by atoms with E-state index in [4.69, 9.17) is 5.73 Å². The van der Waals surface area contributed by atoms with Crippen molar-refractivity contribution in [1.29, 1.82) is 0 Å². The van der Waals surface area contributed by atoms with E-state index in [1.54, 1.807) is 0 Å². The molecule has 1 aromatic rings. The lowest BCUT2D eigenvalue weighted by Gasteiger charge is -2.26. The second-order valence-electron chi connectivity index (χ2n) is 4.54. The molecule has 0 radical (unpaired) electrons. The van der Waals surface area contributed by atoms with Crippen molar-refractivity contribution in [2.75, 3.05) is 13.6 Å². The lowest BCUT2D eigenvalue weighted by atomic mass is 10.1. The summed E-state index contributed by atoms with van der Waals surface area (Å²) >= 11 is 0. The van der Waals surface area contributed by atoms with Gasteiger partial charge in [0.2, 0.25) is 0 Å². The first-order valence-corrected chi connectivity index (χ1v) is 5.75. The van der Waals surface area contributed by atoms with Gasteiger partial charge in [-0.05, 0) is 31.4 Å². The van der Waals surface area contributed by atoms with Crippen LogP contribution in [0.15, 0.2) is 30.3 Å². The molecule has 1 atom stereocenters. The van der Waals surface area contributed by atoms with Gasteiger partial charge in [0.25, 0.3) is 0 Å². The van der Waals surface area contributed by atoms with Gasteiger partial charge < -0.3 is 5.73 Å². The van der Waals surface area contributed by atoms with Crippen LogP contribution in [0.3, 0.4) is 0 Å². The van der Waals surface area contributed by atoms with E-state index in [-0.39, 0.29) is 0 Å². The minimum atomic E-state index is 0.574. The van der Waals surface area contributed by atoms with Crippen molar-refractivity contribution >= 4 is 0 Å². The number of likely N-dealkylation sites (N-methyl/N-ethyl adjacent to an activating group) is 1. The smallest absolute Gasteiger partial charge is 0.0247 e. The number of rotatable bonds is 5. The lowest BCUT2D eigenvalue weighted by Crippen LogP contribution is -2.39. The molecule has 0 aromatic heterocycles. The van der Waals surface area contributed by atoms with Crippen LogP contribution in [0.1, 0.15) is 18.4 Å². The van der Waals surface area contributed by atoms with E-state index in [9.17, 15) is 0 Å². The Hall–Kier alpha value is -0.860. The van der Waals surface area contributed by atoms with E-state index in [0.29, 0.717) is 6.04 Å². The highest BCUT2D eigenvalue weighted by molar-refractivity contribution is 5.14. The zero-order valence-electron chi connectivity index (χ0n) is 9.39. The van der Waals surface area contributed by atoms with Gasteiger partial charge in [-0.25, -0.2) is 0 Å². The van der Waals surface area contributed by atoms with Crippen LogP contribution in [0.25, 0.3) is 0 Å². The number of hydrogen-bond acceptors (Lipinski definition) is 2. The fourth-order valence-electron chi connectivity index (χ4n) is 2.20. The number of hydrogen-bond donors (Lipinski definition) is 1. The Morgan fingerprint density at radius 2 is 2.00 bits per heavy atom. The molecule has 0 saturated heterocycles. The van der Waals surface area contributed by atoms with E-state index in [1.165, 1.54) is 18.4 Å². The average Bonchev–Trinajstić information content (AvgIpc) is 3.04. The molecule has 2 rings (SSSR count). The molecule has 1 fully saturated rings. The first-order valence-electron chi connectivity index (χ1n) is 5.75. The summed E-state index contributed by atoms with van der Waals surface area (Å²) in [4.78, 5) is 2.40. The van der Waals surface area contributed by atoms with Crippen molar-refractivity contribution in [2.24, 2.45) is 11.7 Å². The maximum absolute atomic E-state index is 5.83. The van der Waals surface area contributed by atoms with Crippen LogP contribution in [0.5, 0.6) is 0 Å². The molecule has 2 N–H and O–H groups in total. The van der Waals surface area contributed by atoms with Crippen LogP contribution in [-0.2, 0) is 6.54 Å². The molecular weight excluding hydrogens is 184 g/mol. The Labute approximate surface area is 92.1 Å². The molecule has 1 aromatic carbocycles. The van der Waals surface area contributed by atoms with Gasteiger partial charge in [0.15, 0.2) is 0 Å². The number of benzene rings is 1. The van der Waals surface area contributed by atoms with E-state index in [1.807, 2.05) is 0 Å². The van der Waals surface area contributed by atoms with Crippen molar-refractivity contribution in [1.82, 2.24) is 4.90 Å².